The third-order valence-corrected chi connectivity index (χ3v) is 4.60. The number of thiophene rings is 1. The molecule has 21 heavy (non-hydrogen) atoms. The standard InChI is InChI=1S/C16H19F2NOS/c1-10-8-9-21-15(10)12(3)19-11(2)13-6-4-5-7-14(13)20-16(17)18/h4-9,11-12,16,19H,1-3H3. The van der Waals surface area contributed by atoms with Crippen LogP contribution in [0, 0.1) is 6.92 Å². The molecule has 1 aromatic heterocycles. The fourth-order valence-corrected chi connectivity index (χ4v) is 3.35. The molecule has 1 heterocycles. The van der Waals surface area contributed by atoms with Crippen molar-refractivity contribution in [2.24, 2.45) is 0 Å². The molecule has 0 spiro atoms. The van der Waals surface area contributed by atoms with E-state index in [-0.39, 0.29) is 17.8 Å². The minimum absolute atomic E-state index is 0.0866. The summed E-state index contributed by atoms with van der Waals surface area (Å²) in [5.41, 5.74) is 1.98. The van der Waals surface area contributed by atoms with Crippen molar-refractivity contribution < 1.29 is 13.5 Å². The smallest absolute Gasteiger partial charge is 0.387 e. The fourth-order valence-electron chi connectivity index (χ4n) is 2.41. The normalized spacial score (nSPS) is 14.2. The van der Waals surface area contributed by atoms with Crippen LogP contribution in [0.25, 0.3) is 0 Å². The minimum Gasteiger partial charge on any atom is -0.434 e. The first-order chi connectivity index (χ1) is 9.99. The predicted molar refractivity (Wildman–Crippen MR) is 82.1 cm³/mol. The summed E-state index contributed by atoms with van der Waals surface area (Å²) >= 11 is 1.70. The second-order valence-corrected chi connectivity index (χ2v) is 5.94. The van der Waals surface area contributed by atoms with E-state index in [2.05, 4.69) is 35.3 Å². The highest BCUT2D eigenvalue weighted by molar-refractivity contribution is 7.10. The molecule has 0 aliphatic heterocycles. The minimum atomic E-state index is -2.81. The molecule has 0 radical (unpaired) electrons. The van der Waals surface area contributed by atoms with E-state index in [1.807, 2.05) is 19.1 Å². The highest BCUT2D eigenvalue weighted by Gasteiger charge is 2.18. The summed E-state index contributed by atoms with van der Waals surface area (Å²) in [5.74, 6) is 0.225. The summed E-state index contributed by atoms with van der Waals surface area (Å²) in [4.78, 5) is 1.26. The van der Waals surface area contributed by atoms with Crippen LogP contribution < -0.4 is 10.1 Å². The van der Waals surface area contributed by atoms with Crippen molar-refractivity contribution >= 4 is 11.3 Å². The molecule has 1 aromatic carbocycles. The van der Waals surface area contributed by atoms with Gasteiger partial charge in [0.1, 0.15) is 5.75 Å². The van der Waals surface area contributed by atoms with E-state index in [0.29, 0.717) is 0 Å². The Kier molecular flexibility index (Phi) is 5.31. The molecule has 0 bridgehead atoms. The molecule has 2 unspecified atom stereocenters. The number of nitrogens with one attached hydrogen (secondary N) is 1. The van der Waals surface area contributed by atoms with Crippen LogP contribution in [0.5, 0.6) is 5.75 Å². The number of benzene rings is 1. The van der Waals surface area contributed by atoms with Gasteiger partial charge in [0.15, 0.2) is 0 Å². The van der Waals surface area contributed by atoms with Crippen molar-refractivity contribution in [3.63, 3.8) is 0 Å². The molecule has 0 fully saturated rings. The molecular weight excluding hydrogens is 292 g/mol. The van der Waals surface area contributed by atoms with Crippen molar-refractivity contribution in [1.82, 2.24) is 5.32 Å². The predicted octanol–water partition coefficient (Wildman–Crippen LogP) is 5.07. The van der Waals surface area contributed by atoms with Gasteiger partial charge in [0.2, 0.25) is 0 Å². The number of aryl methyl sites for hydroxylation is 1. The van der Waals surface area contributed by atoms with Gasteiger partial charge in [-0.3, -0.25) is 0 Å². The Morgan fingerprint density at radius 2 is 1.81 bits per heavy atom. The van der Waals surface area contributed by atoms with E-state index >= 15 is 0 Å². The number of halogens is 2. The Labute approximate surface area is 127 Å². The average molecular weight is 311 g/mol. The molecule has 1 N–H and O–H groups in total. The molecule has 114 valence electrons. The van der Waals surface area contributed by atoms with Gasteiger partial charge < -0.3 is 10.1 Å². The largest absolute Gasteiger partial charge is 0.434 e. The van der Waals surface area contributed by atoms with Crippen LogP contribution in [0.4, 0.5) is 8.78 Å². The lowest BCUT2D eigenvalue weighted by molar-refractivity contribution is -0.0506. The van der Waals surface area contributed by atoms with Gasteiger partial charge in [0.25, 0.3) is 0 Å². The van der Waals surface area contributed by atoms with E-state index in [1.165, 1.54) is 10.4 Å². The van der Waals surface area contributed by atoms with Crippen LogP contribution >= 0.6 is 11.3 Å². The number of alkyl halides is 2. The summed E-state index contributed by atoms with van der Waals surface area (Å²) in [5, 5.41) is 5.50. The summed E-state index contributed by atoms with van der Waals surface area (Å²) in [6.45, 7) is 3.29. The zero-order valence-electron chi connectivity index (χ0n) is 12.3. The highest BCUT2D eigenvalue weighted by Crippen LogP contribution is 2.30. The number of ether oxygens (including phenoxy) is 1. The molecule has 0 amide bonds. The number of hydrogen-bond acceptors (Lipinski definition) is 3. The van der Waals surface area contributed by atoms with E-state index in [9.17, 15) is 8.78 Å². The third kappa shape index (κ3) is 4.02. The Bertz CT molecular complexity index is 585. The summed E-state index contributed by atoms with van der Waals surface area (Å²) in [7, 11) is 0. The van der Waals surface area contributed by atoms with Crippen LogP contribution in [0.3, 0.4) is 0 Å². The maximum absolute atomic E-state index is 12.5. The third-order valence-electron chi connectivity index (χ3n) is 3.40. The Morgan fingerprint density at radius 3 is 2.43 bits per heavy atom. The molecule has 2 atom stereocenters. The molecule has 2 rings (SSSR count). The van der Waals surface area contributed by atoms with Crippen molar-refractivity contribution in [2.75, 3.05) is 0 Å². The van der Waals surface area contributed by atoms with Gasteiger partial charge in [-0.1, -0.05) is 18.2 Å². The van der Waals surface area contributed by atoms with Crippen LogP contribution in [-0.4, -0.2) is 6.61 Å². The molecule has 2 aromatic rings. The molecular formula is C16H19F2NOS. The second-order valence-electron chi connectivity index (χ2n) is 4.99. The van der Waals surface area contributed by atoms with Crippen molar-refractivity contribution in [3.05, 3.63) is 51.7 Å². The molecule has 2 nitrogen and oxygen atoms in total. The first kappa shape index (κ1) is 15.9. The number of hydrogen-bond donors (Lipinski definition) is 1. The summed E-state index contributed by atoms with van der Waals surface area (Å²) in [6, 6.07) is 9.05. The average Bonchev–Trinajstić information content (AvgIpc) is 2.85. The highest BCUT2D eigenvalue weighted by atomic mass is 32.1. The molecule has 5 heteroatoms. The van der Waals surface area contributed by atoms with Gasteiger partial charge >= 0.3 is 6.61 Å². The van der Waals surface area contributed by atoms with Crippen molar-refractivity contribution in [2.45, 2.75) is 39.5 Å². The molecule has 0 aliphatic carbocycles. The van der Waals surface area contributed by atoms with Crippen LogP contribution in [0.15, 0.2) is 35.7 Å². The van der Waals surface area contributed by atoms with Crippen LogP contribution in [-0.2, 0) is 0 Å². The lowest BCUT2D eigenvalue weighted by Crippen LogP contribution is -2.23. The van der Waals surface area contributed by atoms with E-state index in [4.69, 9.17) is 0 Å². The van der Waals surface area contributed by atoms with Crippen molar-refractivity contribution in [3.8, 4) is 5.75 Å². The number of para-hydroxylation sites is 1. The summed E-state index contributed by atoms with van der Waals surface area (Å²) in [6.07, 6.45) is 0. The van der Waals surface area contributed by atoms with Gasteiger partial charge in [0, 0.05) is 22.5 Å². The number of rotatable bonds is 6. The first-order valence-corrected chi connectivity index (χ1v) is 7.70. The molecule has 0 aliphatic rings. The Balaban J connectivity index is 2.13. The fraction of sp³-hybridized carbons (Fsp3) is 0.375. The Morgan fingerprint density at radius 1 is 1.10 bits per heavy atom. The zero-order chi connectivity index (χ0) is 15.4. The molecule has 0 saturated carbocycles. The van der Waals surface area contributed by atoms with E-state index < -0.39 is 6.61 Å². The molecule has 0 saturated heterocycles. The van der Waals surface area contributed by atoms with Gasteiger partial charge in [-0.25, -0.2) is 0 Å². The van der Waals surface area contributed by atoms with Gasteiger partial charge in [-0.2, -0.15) is 8.78 Å². The summed E-state index contributed by atoms with van der Waals surface area (Å²) < 4.78 is 29.5. The monoisotopic (exact) mass is 311 g/mol. The maximum atomic E-state index is 12.5. The van der Waals surface area contributed by atoms with Crippen LogP contribution in [0.1, 0.15) is 41.9 Å². The lowest BCUT2D eigenvalue weighted by Gasteiger charge is -2.22. The maximum Gasteiger partial charge on any atom is 0.387 e. The quantitative estimate of drug-likeness (QED) is 0.804. The van der Waals surface area contributed by atoms with Gasteiger partial charge in [0.05, 0.1) is 0 Å². The van der Waals surface area contributed by atoms with E-state index in [0.717, 1.165) is 5.56 Å². The van der Waals surface area contributed by atoms with Gasteiger partial charge in [-0.15, -0.1) is 11.3 Å². The topological polar surface area (TPSA) is 21.3 Å². The van der Waals surface area contributed by atoms with Crippen LogP contribution in [0.2, 0.25) is 0 Å². The van der Waals surface area contributed by atoms with Gasteiger partial charge in [-0.05, 0) is 43.8 Å². The zero-order valence-corrected chi connectivity index (χ0v) is 13.1. The second kappa shape index (κ2) is 7.00. The SMILES string of the molecule is Cc1ccsc1C(C)NC(C)c1ccccc1OC(F)F. The first-order valence-electron chi connectivity index (χ1n) is 6.82. The van der Waals surface area contributed by atoms with Crippen molar-refractivity contribution in [1.29, 1.82) is 0 Å². The lowest BCUT2D eigenvalue weighted by atomic mass is 10.1. The van der Waals surface area contributed by atoms with E-state index in [1.54, 1.807) is 23.5 Å². The Hall–Kier alpha value is -1.46.